The van der Waals surface area contributed by atoms with Crippen LogP contribution < -0.4 is 0 Å². The molecule has 6 rings (SSSR count). The Morgan fingerprint density at radius 1 is 0.812 bits per heavy atom. The Morgan fingerprint density at radius 3 is 2.31 bits per heavy atom. The van der Waals surface area contributed by atoms with Gasteiger partial charge in [-0.1, -0.05) is 27.7 Å². The Hall–Kier alpha value is -0.200. The van der Waals surface area contributed by atoms with E-state index in [-0.39, 0.29) is 41.0 Å². The largest absolute Gasteiger partial charge is 0.393 e. The molecular weight excluding hydrogens is 404 g/mol. The summed E-state index contributed by atoms with van der Waals surface area (Å²) in [6.07, 6.45) is 6.86. The zero-order valence-electron chi connectivity index (χ0n) is 20.4. The molecule has 6 fully saturated rings. The van der Waals surface area contributed by atoms with Crippen LogP contribution in [0.3, 0.4) is 0 Å². The van der Waals surface area contributed by atoms with E-state index in [9.17, 15) is 15.3 Å². The van der Waals surface area contributed by atoms with Gasteiger partial charge in [0.05, 0.1) is 24.9 Å². The third kappa shape index (κ3) is 2.75. The normalized spacial score (nSPS) is 64.0. The summed E-state index contributed by atoms with van der Waals surface area (Å²) >= 11 is 0. The van der Waals surface area contributed by atoms with E-state index in [1.807, 2.05) is 0 Å². The molecule has 2 saturated heterocycles. The zero-order chi connectivity index (χ0) is 22.6. The lowest BCUT2D eigenvalue weighted by Crippen LogP contribution is -2.59. The van der Waals surface area contributed by atoms with E-state index < -0.39 is 11.9 Å². The molecule has 0 unspecified atom stereocenters. The highest BCUT2D eigenvalue weighted by Crippen LogP contribution is 2.71. The number of hydrogen-bond acceptors (Lipinski definition) is 5. The van der Waals surface area contributed by atoms with Crippen molar-refractivity contribution in [2.75, 3.05) is 6.61 Å². The number of aliphatic hydroxyl groups is 3. The van der Waals surface area contributed by atoms with Gasteiger partial charge in [-0.15, -0.1) is 0 Å². The van der Waals surface area contributed by atoms with E-state index in [0.29, 0.717) is 36.2 Å². The minimum atomic E-state index is -0.824. The lowest BCUT2D eigenvalue weighted by molar-refractivity contribution is -0.316. The molecule has 1 spiro atoms. The van der Waals surface area contributed by atoms with Gasteiger partial charge in [-0.25, -0.2) is 0 Å². The third-order valence-electron chi connectivity index (χ3n) is 11.9. The maximum absolute atomic E-state index is 11.2. The van der Waals surface area contributed by atoms with E-state index in [2.05, 4.69) is 27.7 Å². The molecule has 2 aliphatic heterocycles. The number of rotatable bonds is 0. The van der Waals surface area contributed by atoms with Gasteiger partial charge >= 0.3 is 0 Å². The first-order valence-corrected chi connectivity index (χ1v) is 13.5. The average Bonchev–Trinajstić information content (AvgIpc) is 3.18. The summed E-state index contributed by atoms with van der Waals surface area (Å²) < 4.78 is 13.0. The predicted octanol–water partition coefficient (Wildman–Crippen LogP) is 3.74. The smallest absolute Gasteiger partial charge is 0.197 e. The fourth-order valence-corrected chi connectivity index (χ4v) is 10.4. The highest BCUT2D eigenvalue weighted by Gasteiger charge is 2.71. The highest BCUT2D eigenvalue weighted by molar-refractivity contribution is 5.17. The van der Waals surface area contributed by atoms with Gasteiger partial charge in [0, 0.05) is 5.92 Å². The van der Waals surface area contributed by atoms with E-state index in [1.54, 1.807) is 0 Å². The molecule has 6 aliphatic rings. The lowest BCUT2D eigenvalue weighted by atomic mass is 9.43. The number of aliphatic hydroxyl groups excluding tert-OH is 3. The van der Waals surface area contributed by atoms with Crippen LogP contribution in [0.2, 0.25) is 0 Å². The van der Waals surface area contributed by atoms with Gasteiger partial charge in [0.2, 0.25) is 0 Å². The Labute approximate surface area is 193 Å². The van der Waals surface area contributed by atoms with Crippen LogP contribution in [0.25, 0.3) is 0 Å². The predicted molar refractivity (Wildman–Crippen MR) is 121 cm³/mol. The summed E-state index contributed by atoms with van der Waals surface area (Å²) in [6, 6.07) is 0. The van der Waals surface area contributed by atoms with Gasteiger partial charge in [0.1, 0.15) is 6.10 Å². The number of fused-ring (bicyclic) bond motifs is 7. The van der Waals surface area contributed by atoms with Gasteiger partial charge in [-0.05, 0) is 97.7 Å². The van der Waals surface area contributed by atoms with Crippen molar-refractivity contribution in [2.24, 2.45) is 52.3 Å². The lowest BCUT2D eigenvalue weighted by Gasteiger charge is -2.62. The Kier molecular flexibility index (Phi) is 4.99. The van der Waals surface area contributed by atoms with Gasteiger partial charge in [-0.3, -0.25) is 0 Å². The van der Waals surface area contributed by atoms with Crippen LogP contribution in [0, 0.1) is 52.3 Å². The minimum absolute atomic E-state index is 0.146. The van der Waals surface area contributed by atoms with E-state index in [1.165, 1.54) is 12.8 Å². The average molecular weight is 449 g/mol. The molecule has 5 nitrogen and oxygen atoms in total. The van der Waals surface area contributed by atoms with Crippen LogP contribution in [0.4, 0.5) is 0 Å². The molecule has 0 aromatic rings. The minimum Gasteiger partial charge on any atom is -0.393 e. The maximum Gasteiger partial charge on any atom is 0.197 e. The van der Waals surface area contributed by atoms with Gasteiger partial charge < -0.3 is 24.8 Å². The van der Waals surface area contributed by atoms with Gasteiger partial charge in [0.25, 0.3) is 0 Å². The molecule has 182 valence electrons. The summed E-state index contributed by atoms with van der Waals surface area (Å²) in [5, 5.41) is 32.6. The Balaban J connectivity index is 1.29. The SMILES string of the molecule is C[C@H]1CO[C@@]2(O[C@H]3C[C@H]4[C@@H]5C[C@H](O)[C@H]6C[C@@H](O)CC[C@]6(C)[C@H]5CC[C@]4(C)[C@H]3[C@@H]2C)[C@@H](O)C1. The second kappa shape index (κ2) is 7.16. The van der Waals surface area contributed by atoms with E-state index >= 15 is 0 Å². The number of hydrogen-bond donors (Lipinski definition) is 3. The Morgan fingerprint density at radius 2 is 1.56 bits per heavy atom. The standard InChI is InChI=1S/C27H44O5/c1-14-9-23(30)27(31-13-14)15(2)24-22(32-27)12-19-17-11-21(29)20-10-16(28)5-7-25(20,3)18(17)6-8-26(19,24)4/h14-24,28-30H,5-13H2,1-4H3/t14-,15+,16+,17-,18+,19+,20-,21+,22+,23+,24+,25-,26+,27+/m1/s1. The van der Waals surface area contributed by atoms with Crippen molar-refractivity contribution < 1.29 is 24.8 Å². The van der Waals surface area contributed by atoms with E-state index in [4.69, 9.17) is 9.47 Å². The second-order valence-corrected chi connectivity index (χ2v) is 13.4. The first-order valence-electron chi connectivity index (χ1n) is 13.5. The molecule has 0 bridgehead atoms. The van der Waals surface area contributed by atoms with Crippen molar-refractivity contribution in [3.05, 3.63) is 0 Å². The number of ether oxygens (including phenoxy) is 2. The van der Waals surface area contributed by atoms with Crippen molar-refractivity contribution >= 4 is 0 Å². The molecular formula is C27H44O5. The second-order valence-electron chi connectivity index (χ2n) is 13.4. The first-order chi connectivity index (χ1) is 15.1. The maximum atomic E-state index is 11.2. The summed E-state index contributed by atoms with van der Waals surface area (Å²) in [6.45, 7) is 9.98. The third-order valence-corrected chi connectivity index (χ3v) is 11.9. The van der Waals surface area contributed by atoms with Crippen LogP contribution in [-0.4, -0.2) is 52.1 Å². The molecule has 0 aromatic carbocycles. The van der Waals surface area contributed by atoms with Crippen molar-refractivity contribution in [1.82, 2.24) is 0 Å². The quantitative estimate of drug-likeness (QED) is 0.526. The molecule has 32 heavy (non-hydrogen) atoms. The summed E-state index contributed by atoms with van der Waals surface area (Å²) in [7, 11) is 0. The van der Waals surface area contributed by atoms with Crippen molar-refractivity contribution in [1.29, 1.82) is 0 Å². The van der Waals surface area contributed by atoms with Gasteiger partial charge in [-0.2, -0.15) is 0 Å². The summed E-state index contributed by atoms with van der Waals surface area (Å²) in [5.41, 5.74) is 0.324. The zero-order valence-corrected chi connectivity index (χ0v) is 20.4. The molecule has 4 aliphatic carbocycles. The van der Waals surface area contributed by atoms with Crippen molar-refractivity contribution in [3.63, 3.8) is 0 Å². The van der Waals surface area contributed by atoms with Crippen LogP contribution in [0.15, 0.2) is 0 Å². The van der Waals surface area contributed by atoms with Gasteiger partial charge in [0.15, 0.2) is 5.79 Å². The molecule has 2 heterocycles. The Bertz CT molecular complexity index is 758. The molecule has 0 amide bonds. The fourth-order valence-electron chi connectivity index (χ4n) is 10.4. The molecule has 0 radical (unpaired) electrons. The fraction of sp³-hybridized carbons (Fsp3) is 1.00. The van der Waals surface area contributed by atoms with Crippen molar-refractivity contribution in [3.8, 4) is 0 Å². The molecule has 3 N–H and O–H groups in total. The summed E-state index contributed by atoms with van der Waals surface area (Å²) in [5.74, 6) is 2.12. The topological polar surface area (TPSA) is 79.2 Å². The highest BCUT2D eigenvalue weighted by atomic mass is 16.7. The molecule has 14 atom stereocenters. The summed E-state index contributed by atoms with van der Waals surface area (Å²) in [4.78, 5) is 0. The molecule has 4 saturated carbocycles. The van der Waals surface area contributed by atoms with Crippen LogP contribution in [0.1, 0.15) is 79.1 Å². The van der Waals surface area contributed by atoms with Crippen LogP contribution in [-0.2, 0) is 9.47 Å². The molecule has 5 heteroatoms. The van der Waals surface area contributed by atoms with Crippen molar-refractivity contribution in [2.45, 2.75) is 109 Å². The first kappa shape index (κ1) is 22.3. The monoisotopic (exact) mass is 448 g/mol. The molecule has 0 aromatic heterocycles. The van der Waals surface area contributed by atoms with Crippen LogP contribution >= 0.6 is 0 Å². The van der Waals surface area contributed by atoms with E-state index in [0.717, 1.165) is 38.5 Å². The van der Waals surface area contributed by atoms with Crippen LogP contribution in [0.5, 0.6) is 0 Å².